The van der Waals surface area contributed by atoms with Gasteiger partial charge in [0.15, 0.2) is 0 Å². The number of hydrogen-bond acceptors (Lipinski definition) is 3. The molecule has 0 saturated carbocycles. The molecule has 1 aromatic heterocycles. The average molecular weight is 406 g/mol. The highest BCUT2D eigenvalue weighted by Gasteiger charge is 2.32. The van der Waals surface area contributed by atoms with Crippen LogP contribution in [0.1, 0.15) is 46.6 Å². The normalized spacial score (nSPS) is 17.4. The maximum absolute atomic E-state index is 13.0. The van der Waals surface area contributed by atoms with E-state index in [0.717, 1.165) is 29.9 Å². The van der Waals surface area contributed by atoms with Crippen LogP contribution in [0.25, 0.3) is 0 Å². The van der Waals surface area contributed by atoms with Gasteiger partial charge >= 0.3 is 6.18 Å². The maximum atomic E-state index is 13.0. The first-order valence-corrected chi connectivity index (χ1v) is 9.60. The largest absolute Gasteiger partial charge is 0.416 e. The fraction of sp³-hybridized carbons (Fsp3) is 0.450. The number of alkyl halides is 3. The van der Waals surface area contributed by atoms with E-state index < -0.39 is 17.6 Å². The SMILES string of the molecule is O=C1CCCN1Cc1ncn2c1CN(C(=O)c1cccc(C(F)(F)F)c1)CCC2. The fourth-order valence-electron chi connectivity index (χ4n) is 3.88. The van der Waals surface area contributed by atoms with Gasteiger partial charge in [0.1, 0.15) is 0 Å². The minimum Gasteiger partial charge on any atom is -0.337 e. The standard InChI is InChI=1S/C20H21F3N4O2/c21-20(22,23)15-5-1-4-14(10-15)19(29)26-8-3-9-27-13-24-16(17(27)12-26)11-25-7-2-6-18(25)28/h1,4-5,10,13H,2-3,6-9,11-12H2. The van der Waals surface area contributed by atoms with Crippen molar-refractivity contribution in [2.75, 3.05) is 13.1 Å². The highest BCUT2D eigenvalue weighted by Crippen LogP contribution is 2.30. The Bertz CT molecular complexity index is 938. The van der Waals surface area contributed by atoms with Gasteiger partial charge < -0.3 is 14.4 Å². The van der Waals surface area contributed by atoms with Gasteiger partial charge in [-0.15, -0.1) is 0 Å². The number of likely N-dealkylation sites (tertiary alicyclic amines) is 1. The Hall–Kier alpha value is -2.84. The lowest BCUT2D eigenvalue weighted by Crippen LogP contribution is -2.32. The predicted molar refractivity (Wildman–Crippen MR) is 97.7 cm³/mol. The number of aryl methyl sites for hydroxylation is 1. The van der Waals surface area contributed by atoms with E-state index in [4.69, 9.17) is 0 Å². The van der Waals surface area contributed by atoms with Crippen LogP contribution < -0.4 is 0 Å². The van der Waals surface area contributed by atoms with E-state index in [9.17, 15) is 22.8 Å². The molecule has 0 N–H and O–H groups in total. The Morgan fingerprint density at radius 3 is 2.69 bits per heavy atom. The third-order valence-corrected chi connectivity index (χ3v) is 5.44. The summed E-state index contributed by atoms with van der Waals surface area (Å²) >= 11 is 0. The number of benzene rings is 1. The minimum absolute atomic E-state index is 0.0176. The van der Waals surface area contributed by atoms with Gasteiger partial charge in [-0.2, -0.15) is 13.2 Å². The second-order valence-corrected chi connectivity index (χ2v) is 7.41. The van der Waals surface area contributed by atoms with E-state index >= 15 is 0 Å². The molecule has 0 atom stereocenters. The number of hydrogen-bond donors (Lipinski definition) is 0. The Morgan fingerprint density at radius 2 is 1.97 bits per heavy atom. The first-order chi connectivity index (χ1) is 13.8. The summed E-state index contributed by atoms with van der Waals surface area (Å²) in [4.78, 5) is 32.6. The summed E-state index contributed by atoms with van der Waals surface area (Å²) in [7, 11) is 0. The van der Waals surface area contributed by atoms with E-state index in [2.05, 4.69) is 4.98 Å². The van der Waals surface area contributed by atoms with Crippen molar-refractivity contribution in [2.45, 2.75) is 45.1 Å². The second kappa shape index (κ2) is 7.53. The van der Waals surface area contributed by atoms with Crippen molar-refractivity contribution in [1.29, 1.82) is 0 Å². The molecule has 4 rings (SSSR count). The van der Waals surface area contributed by atoms with Crippen LogP contribution in [-0.4, -0.2) is 44.3 Å². The van der Waals surface area contributed by atoms with Gasteiger partial charge in [0, 0.05) is 31.6 Å². The first-order valence-electron chi connectivity index (χ1n) is 9.60. The Balaban J connectivity index is 1.56. The van der Waals surface area contributed by atoms with Crippen molar-refractivity contribution in [2.24, 2.45) is 0 Å². The Morgan fingerprint density at radius 1 is 1.14 bits per heavy atom. The second-order valence-electron chi connectivity index (χ2n) is 7.41. The average Bonchev–Trinajstić information content (AvgIpc) is 3.19. The van der Waals surface area contributed by atoms with Crippen LogP contribution in [0.4, 0.5) is 13.2 Å². The van der Waals surface area contributed by atoms with Gasteiger partial charge in [-0.25, -0.2) is 4.98 Å². The molecule has 0 aliphatic carbocycles. The van der Waals surface area contributed by atoms with Crippen molar-refractivity contribution in [3.05, 3.63) is 53.1 Å². The minimum atomic E-state index is -4.50. The summed E-state index contributed by atoms with van der Waals surface area (Å²) in [6.45, 7) is 2.46. The zero-order chi connectivity index (χ0) is 20.6. The molecule has 1 aromatic carbocycles. The van der Waals surface area contributed by atoms with Gasteiger partial charge in [0.25, 0.3) is 5.91 Å². The van der Waals surface area contributed by atoms with Crippen LogP contribution in [0.15, 0.2) is 30.6 Å². The molecule has 1 fully saturated rings. The monoisotopic (exact) mass is 406 g/mol. The zero-order valence-electron chi connectivity index (χ0n) is 15.8. The molecule has 0 radical (unpaired) electrons. The number of nitrogens with zero attached hydrogens (tertiary/aromatic N) is 4. The molecular formula is C20H21F3N4O2. The van der Waals surface area contributed by atoms with Crippen molar-refractivity contribution >= 4 is 11.8 Å². The fourth-order valence-corrected chi connectivity index (χ4v) is 3.88. The third kappa shape index (κ3) is 3.99. The van der Waals surface area contributed by atoms with Gasteiger partial charge in [0.05, 0.1) is 36.4 Å². The molecular weight excluding hydrogens is 385 g/mol. The molecule has 2 aliphatic rings. The lowest BCUT2D eigenvalue weighted by Gasteiger charge is -2.22. The third-order valence-electron chi connectivity index (χ3n) is 5.44. The Labute approximate surface area is 165 Å². The predicted octanol–water partition coefficient (Wildman–Crippen LogP) is 3.07. The van der Waals surface area contributed by atoms with Gasteiger partial charge in [-0.05, 0) is 31.0 Å². The number of carbonyl (C=O) groups excluding carboxylic acids is 2. The summed E-state index contributed by atoms with van der Waals surface area (Å²) < 4.78 is 41.0. The van der Waals surface area contributed by atoms with E-state index in [1.54, 1.807) is 16.1 Å². The summed E-state index contributed by atoms with van der Waals surface area (Å²) in [5.74, 6) is -0.341. The van der Waals surface area contributed by atoms with E-state index in [1.165, 1.54) is 12.1 Å². The van der Waals surface area contributed by atoms with Crippen molar-refractivity contribution in [1.82, 2.24) is 19.4 Å². The molecule has 6 nitrogen and oxygen atoms in total. The van der Waals surface area contributed by atoms with Crippen LogP contribution in [0.5, 0.6) is 0 Å². The summed E-state index contributed by atoms with van der Waals surface area (Å²) in [6.07, 6.45) is -0.742. The quantitative estimate of drug-likeness (QED) is 0.787. The lowest BCUT2D eigenvalue weighted by molar-refractivity contribution is -0.137. The van der Waals surface area contributed by atoms with Gasteiger partial charge in [-0.3, -0.25) is 9.59 Å². The molecule has 2 aromatic rings. The summed E-state index contributed by atoms with van der Waals surface area (Å²) in [5.41, 5.74) is 0.757. The van der Waals surface area contributed by atoms with E-state index in [0.29, 0.717) is 39.0 Å². The number of rotatable bonds is 3. The van der Waals surface area contributed by atoms with Gasteiger partial charge in [-0.1, -0.05) is 6.07 Å². The van der Waals surface area contributed by atoms with E-state index in [-0.39, 0.29) is 18.0 Å². The molecule has 2 aliphatic heterocycles. The lowest BCUT2D eigenvalue weighted by atomic mass is 10.1. The molecule has 0 bridgehead atoms. The van der Waals surface area contributed by atoms with Crippen LogP contribution >= 0.6 is 0 Å². The number of halogens is 3. The van der Waals surface area contributed by atoms with Crippen LogP contribution in [0.3, 0.4) is 0 Å². The zero-order valence-corrected chi connectivity index (χ0v) is 15.8. The van der Waals surface area contributed by atoms with E-state index in [1.807, 2.05) is 4.57 Å². The Kier molecular flexibility index (Phi) is 5.06. The van der Waals surface area contributed by atoms with Crippen molar-refractivity contribution in [3.8, 4) is 0 Å². The summed E-state index contributed by atoms with van der Waals surface area (Å²) in [5, 5.41) is 0. The molecule has 154 valence electrons. The molecule has 9 heteroatoms. The molecule has 0 unspecified atom stereocenters. The molecule has 3 heterocycles. The highest BCUT2D eigenvalue weighted by molar-refractivity contribution is 5.94. The number of imidazole rings is 1. The first kappa shape index (κ1) is 19.5. The van der Waals surface area contributed by atoms with Crippen molar-refractivity contribution in [3.63, 3.8) is 0 Å². The smallest absolute Gasteiger partial charge is 0.337 e. The maximum Gasteiger partial charge on any atom is 0.416 e. The highest BCUT2D eigenvalue weighted by atomic mass is 19.4. The van der Waals surface area contributed by atoms with Crippen LogP contribution in [0, 0.1) is 0 Å². The van der Waals surface area contributed by atoms with Gasteiger partial charge in [0.2, 0.25) is 5.91 Å². The number of fused-ring (bicyclic) bond motifs is 1. The van der Waals surface area contributed by atoms with Crippen molar-refractivity contribution < 1.29 is 22.8 Å². The molecule has 29 heavy (non-hydrogen) atoms. The molecule has 1 saturated heterocycles. The van der Waals surface area contributed by atoms with Crippen LogP contribution in [-0.2, 0) is 30.6 Å². The molecule has 2 amide bonds. The number of amides is 2. The number of carbonyl (C=O) groups is 2. The van der Waals surface area contributed by atoms with Crippen LogP contribution in [0.2, 0.25) is 0 Å². The molecule has 0 spiro atoms. The summed E-state index contributed by atoms with van der Waals surface area (Å²) in [6, 6.07) is 4.51. The topological polar surface area (TPSA) is 58.4 Å². The number of aromatic nitrogens is 2.